The number of amides is 3. The molecule has 3 N–H and O–H groups in total. The molecule has 25 heavy (non-hydrogen) atoms. The molecule has 0 aromatic heterocycles. The number of halogens is 1. The molecule has 3 rings (SSSR count). The van der Waals surface area contributed by atoms with E-state index in [0.29, 0.717) is 17.8 Å². The second-order valence-corrected chi connectivity index (χ2v) is 6.74. The van der Waals surface area contributed by atoms with E-state index in [1.807, 2.05) is 24.3 Å². The third-order valence-electron chi connectivity index (χ3n) is 4.03. The molecule has 1 atom stereocenters. The first-order valence-electron chi connectivity index (χ1n) is 7.70. The first-order valence-corrected chi connectivity index (χ1v) is 8.50. The Labute approximate surface area is 153 Å². The van der Waals surface area contributed by atoms with Crippen LogP contribution in [0.3, 0.4) is 0 Å². The molecule has 1 heterocycles. The normalized spacial score (nSPS) is 16.8. The molecule has 0 aliphatic carbocycles. The molecule has 128 valence electrons. The van der Waals surface area contributed by atoms with Gasteiger partial charge in [-0.1, -0.05) is 28.1 Å². The summed E-state index contributed by atoms with van der Waals surface area (Å²) in [4.78, 5) is 37.6. The molecule has 7 heteroatoms. The van der Waals surface area contributed by atoms with Crippen LogP contribution in [0.15, 0.2) is 53.0 Å². The average Bonchev–Trinajstić information content (AvgIpc) is 2.97. The highest BCUT2D eigenvalue weighted by Crippen LogP contribution is 2.28. The van der Waals surface area contributed by atoms with Crippen molar-refractivity contribution in [3.63, 3.8) is 0 Å². The highest BCUT2D eigenvalue weighted by molar-refractivity contribution is 9.10. The summed E-state index contributed by atoms with van der Waals surface area (Å²) in [6.45, 7) is 0.316. The molecule has 1 unspecified atom stereocenters. The first kappa shape index (κ1) is 17.2. The van der Waals surface area contributed by atoms with Gasteiger partial charge in [0.1, 0.15) is 0 Å². The van der Waals surface area contributed by atoms with Gasteiger partial charge in [0.05, 0.1) is 5.92 Å². The molecule has 1 saturated heterocycles. The predicted octanol–water partition coefficient (Wildman–Crippen LogP) is 2.54. The van der Waals surface area contributed by atoms with E-state index in [9.17, 15) is 14.4 Å². The lowest BCUT2D eigenvalue weighted by molar-refractivity contribution is -0.122. The quantitative estimate of drug-likeness (QED) is 0.823. The fourth-order valence-electron chi connectivity index (χ4n) is 2.77. The van der Waals surface area contributed by atoms with E-state index in [-0.39, 0.29) is 18.2 Å². The summed E-state index contributed by atoms with van der Waals surface area (Å²) in [5.41, 5.74) is 6.79. The van der Waals surface area contributed by atoms with Crippen LogP contribution in [0.25, 0.3) is 0 Å². The minimum atomic E-state index is -0.562. The first-order chi connectivity index (χ1) is 11.9. The zero-order valence-corrected chi connectivity index (χ0v) is 14.8. The molecule has 0 bridgehead atoms. The minimum absolute atomic E-state index is 0.0934. The molecule has 0 radical (unpaired) electrons. The summed E-state index contributed by atoms with van der Waals surface area (Å²) < 4.78 is 0.869. The number of benzene rings is 2. The molecule has 2 aromatic carbocycles. The summed E-state index contributed by atoms with van der Waals surface area (Å²) in [5.74, 6) is -1.37. The number of rotatable bonds is 4. The van der Waals surface area contributed by atoms with Crippen LogP contribution in [0, 0.1) is 5.92 Å². The maximum Gasteiger partial charge on any atom is 0.248 e. The molecular weight excluding hydrogens is 386 g/mol. The zero-order chi connectivity index (χ0) is 18.0. The van der Waals surface area contributed by atoms with E-state index in [4.69, 9.17) is 5.73 Å². The van der Waals surface area contributed by atoms with Crippen LogP contribution in [0.5, 0.6) is 0 Å². The average molecular weight is 402 g/mol. The number of nitrogens with two attached hydrogens (primary N) is 1. The number of carbonyl (C=O) groups excluding carboxylic acids is 3. The lowest BCUT2D eigenvalue weighted by Crippen LogP contribution is -2.28. The van der Waals surface area contributed by atoms with Crippen molar-refractivity contribution in [3.8, 4) is 0 Å². The van der Waals surface area contributed by atoms with Crippen LogP contribution in [0.1, 0.15) is 16.8 Å². The summed E-state index contributed by atoms with van der Waals surface area (Å²) >= 11 is 3.38. The van der Waals surface area contributed by atoms with Gasteiger partial charge in [-0.25, -0.2) is 0 Å². The number of nitrogens with zero attached hydrogens (tertiary/aromatic N) is 1. The van der Waals surface area contributed by atoms with E-state index in [1.54, 1.807) is 23.1 Å². The monoisotopic (exact) mass is 401 g/mol. The zero-order valence-electron chi connectivity index (χ0n) is 13.2. The van der Waals surface area contributed by atoms with Crippen molar-refractivity contribution in [1.29, 1.82) is 0 Å². The van der Waals surface area contributed by atoms with Crippen molar-refractivity contribution >= 4 is 45.0 Å². The molecular formula is C18H16BrN3O3. The van der Waals surface area contributed by atoms with Crippen molar-refractivity contribution < 1.29 is 14.4 Å². The number of primary amides is 1. The van der Waals surface area contributed by atoms with Crippen molar-refractivity contribution in [2.24, 2.45) is 11.7 Å². The second kappa shape index (κ2) is 7.06. The molecule has 1 fully saturated rings. The largest absolute Gasteiger partial charge is 0.366 e. The number of hydrogen-bond donors (Lipinski definition) is 2. The number of carbonyl (C=O) groups is 3. The van der Waals surface area contributed by atoms with E-state index in [1.165, 1.54) is 6.07 Å². The fraction of sp³-hybridized carbons (Fsp3) is 0.167. The Bertz CT molecular complexity index is 853. The standard InChI is InChI=1S/C18H16BrN3O3/c19-13-4-2-6-15(9-13)22-10-12(8-16(22)23)18(25)21-14-5-1-3-11(7-14)17(20)24/h1-7,9,12H,8,10H2,(H2,20,24)(H,21,25). The summed E-state index contributed by atoms with van der Waals surface area (Å²) in [5, 5.41) is 2.75. The van der Waals surface area contributed by atoms with Gasteiger partial charge in [0.2, 0.25) is 17.7 Å². The van der Waals surface area contributed by atoms with Crippen LogP contribution in [-0.2, 0) is 9.59 Å². The molecule has 2 aromatic rings. The smallest absolute Gasteiger partial charge is 0.248 e. The van der Waals surface area contributed by atoms with E-state index in [2.05, 4.69) is 21.2 Å². The van der Waals surface area contributed by atoms with Crippen LogP contribution in [0.4, 0.5) is 11.4 Å². The predicted molar refractivity (Wildman–Crippen MR) is 98.2 cm³/mol. The molecule has 1 aliphatic rings. The van der Waals surface area contributed by atoms with Crippen LogP contribution >= 0.6 is 15.9 Å². The third kappa shape index (κ3) is 3.88. The number of anilines is 2. The van der Waals surface area contributed by atoms with E-state index < -0.39 is 11.8 Å². The summed E-state index contributed by atoms with van der Waals surface area (Å²) in [6, 6.07) is 13.8. The van der Waals surface area contributed by atoms with Gasteiger partial charge < -0.3 is 16.0 Å². The highest BCUT2D eigenvalue weighted by Gasteiger charge is 2.35. The van der Waals surface area contributed by atoms with Crippen molar-refractivity contribution in [3.05, 3.63) is 58.6 Å². The minimum Gasteiger partial charge on any atom is -0.366 e. The fourth-order valence-corrected chi connectivity index (χ4v) is 3.16. The highest BCUT2D eigenvalue weighted by atomic mass is 79.9. The van der Waals surface area contributed by atoms with Gasteiger partial charge in [0.25, 0.3) is 0 Å². The van der Waals surface area contributed by atoms with Gasteiger partial charge in [-0.2, -0.15) is 0 Å². The van der Waals surface area contributed by atoms with Gasteiger partial charge in [-0.15, -0.1) is 0 Å². The molecule has 0 spiro atoms. The third-order valence-corrected chi connectivity index (χ3v) is 4.52. The van der Waals surface area contributed by atoms with Crippen LogP contribution in [-0.4, -0.2) is 24.3 Å². The lowest BCUT2D eigenvalue weighted by atomic mass is 10.1. The van der Waals surface area contributed by atoms with Crippen LogP contribution in [0.2, 0.25) is 0 Å². The van der Waals surface area contributed by atoms with Crippen LogP contribution < -0.4 is 16.0 Å². The Balaban J connectivity index is 1.71. The Morgan fingerprint density at radius 2 is 1.92 bits per heavy atom. The lowest BCUT2D eigenvalue weighted by Gasteiger charge is -2.17. The van der Waals surface area contributed by atoms with Crippen molar-refractivity contribution in [2.45, 2.75) is 6.42 Å². The maximum absolute atomic E-state index is 12.5. The topological polar surface area (TPSA) is 92.5 Å². The summed E-state index contributed by atoms with van der Waals surface area (Å²) in [7, 11) is 0. The van der Waals surface area contributed by atoms with E-state index >= 15 is 0 Å². The molecule has 0 saturated carbocycles. The van der Waals surface area contributed by atoms with Gasteiger partial charge in [0.15, 0.2) is 0 Å². The van der Waals surface area contributed by atoms with Gasteiger partial charge in [-0.05, 0) is 36.4 Å². The number of hydrogen-bond acceptors (Lipinski definition) is 3. The molecule has 3 amide bonds. The summed E-state index contributed by atoms with van der Waals surface area (Å²) in [6.07, 6.45) is 0.147. The Morgan fingerprint density at radius 1 is 1.16 bits per heavy atom. The second-order valence-electron chi connectivity index (χ2n) is 5.82. The van der Waals surface area contributed by atoms with Crippen molar-refractivity contribution in [2.75, 3.05) is 16.8 Å². The number of nitrogens with one attached hydrogen (secondary N) is 1. The Hall–Kier alpha value is -2.67. The molecule has 1 aliphatic heterocycles. The maximum atomic E-state index is 12.5. The van der Waals surface area contributed by atoms with Gasteiger partial charge >= 0.3 is 0 Å². The van der Waals surface area contributed by atoms with Crippen molar-refractivity contribution in [1.82, 2.24) is 0 Å². The SMILES string of the molecule is NC(=O)c1cccc(NC(=O)C2CC(=O)N(c3cccc(Br)c3)C2)c1. The van der Waals surface area contributed by atoms with Gasteiger partial charge in [-0.3, -0.25) is 14.4 Å². The van der Waals surface area contributed by atoms with E-state index in [0.717, 1.165) is 10.2 Å². The Morgan fingerprint density at radius 3 is 2.64 bits per heavy atom. The Kier molecular flexibility index (Phi) is 4.85. The van der Waals surface area contributed by atoms with Gasteiger partial charge in [0, 0.05) is 34.4 Å². The molecule has 6 nitrogen and oxygen atoms in total.